The van der Waals surface area contributed by atoms with Crippen LogP contribution in [-0.2, 0) is 0 Å². The van der Waals surface area contributed by atoms with E-state index < -0.39 is 25.2 Å². The Balaban J connectivity index is 3.29. The Bertz CT molecular complexity index is 270. The van der Waals surface area contributed by atoms with Crippen LogP contribution in [0.25, 0.3) is 0 Å². The summed E-state index contributed by atoms with van der Waals surface area (Å²) in [5, 5.41) is 0. The number of rotatable bonds is 12. The summed E-state index contributed by atoms with van der Waals surface area (Å²) >= 11 is 0. The molecule has 0 saturated carbocycles. The molecule has 1 aliphatic rings. The molecular formula is C18H45N3Si3. The molecule has 0 spiro atoms. The summed E-state index contributed by atoms with van der Waals surface area (Å²) in [5.41, 5.74) is 0. The second-order valence-electron chi connectivity index (χ2n) is 8.12. The highest BCUT2D eigenvalue weighted by Gasteiger charge is 2.54. The Morgan fingerprint density at radius 2 is 0.542 bits per heavy atom. The van der Waals surface area contributed by atoms with Gasteiger partial charge in [-0.15, -0.1) is 0 Å². The van der Waals surface area contributed by atoms with Crippen molar-refractivity contribution in [2.45, 2.75) is 116 Å². The van der Waals surface area contributed by atoms with Gasteiger partial charge in [-0.2, -0.15) is 0 Å². The molecule has 0 bridgehead atoms. The Morgan fingerprint density at radius 1 is 0.375 bits per heavy atom. The maximum Gasteiger partial charge on any atom is 0.190 e. The quantitative estimate of drug-likeness (QED) is 0.384. The molecule has 1 aliphatic heterocycles. The number of hydrogen-bond acceptors (Lipinski definition) is 3. The minimum Gasteiger partial charge on any atom is -0.336 e. The normalized spacial score (nSPS) is 21.8. The predicted octanol–water partition coefficient (Wildman–Crippen LogP) is 5.56. The van der Waals surface area contributed by atoms with Gasteiger partial charge in [-0.05, 0) is 36.3 Å². The van der Waals surface area contributed by atoms with Crippen molar-refractivity contribution in [2.75, 3.05) is 0 Å². The summed E-state index contributed by atoms with van der Waals surface area (Å²) in [5.74, 6) is 0. The van der Waals surface area contributed by atoms with E-state index in [-0.39, 0.29) is 0 Å². The maximum absolute atomic E-state index is 4.45. The molecule has 6 heteroatoms. The zero-order chi connectivity index (χ0) is 18.1. The molecule has 0 aliphatic carbocycles. The van der Waals surface area contributed by atoms with E-state index in [0.29, 0.717) is 0 Å². The van der Waals surface area contributed by atoms with Crippen molar-refractivity contribution >= 4 is 25.2 Å². The van der Waals surface area contributed by atoms with Crippen LogP contribution >= 0.6 is 0 Å². The average Bonchev–Trinajstić information content (AvgIpc) is 2.48. The van der Waals surface area contributed by atoms with Gasteiger partial charge in [0.05, 0.1) is 0 Å². The van der Waals surface area contributed by atoms with Crippen LogP contribution in [0.15, 0.2) is 0 Å². The van der Waals surface area contributed by atoms with Crippen molar-refractivity contribution in [1.82, 2.24) is 13.9 Å². The van der Waals surface area contributed by atoms with E-state index in [1.165, 1.54) is 74.8 Å². The topological polar surface area (TPSA) is 36.1 Å². The highest BCUT2D eigenvalue weighted by atomic mass is 28.5. The molecule has 0 atom stereocenters. The third-order valence-corrected chi connectivity index (χ3v) is 25.1. The first kappa shape index (κ1) is 22.6. The molecule has 144 valence electrons. The second kappa shape index (κ2) is 10.6. The molecule has 0 aromatic rings. The van der Waals surface area contributed by atoms with Crippen molar-refractivity contribution in [2.24, 2.45) is 0 Å². The van der Waals surface area contributed by atoms with Gasteiger partial charge in [0.2, 0.25) is 0 Å². The SMILES string of the molecule is CCC[Si]1(CCC)N[Si](CCC)(CCC)N[Si](CCC)(CCC)N1. The molecule has 3 N–H and O–H groups in total. The Hall–Kier alpha value is 0.531. The minimum atomic E-state index is -1.54. The van der Waals surface area contributed by atoms with Gasteiger partial charge in [-0.3, -0.25) is 0 Å². The van der Waals surface area contributed by atoms with Crippen LogP contribution in [0.3, 0.4) is 0 Å². The molecule has 3 nitrogen and oxygen atoms in total. The fraction of sp³-hybridized carbons (Fsp3) is 1.00. The zero-order valence-corrected chi connectivity index (χ0v) is 20.5. The Morgan fingerprint density at radius 3 is 0.667 bits per heavy atom. The van der Waals surface area contributed by atoms with E-state index >= 15 is 0 Å². The zero-order valence-electron chi connectivity index (χ0n) is 17.5. The van der Waals surface area contributed by atoms with Crippen molar-refractivity contribution in [3.05, 3.63) is 0 Å². The molecule has 0 unspecified atom stereocenters. The molecule has 24 heavy (non-hydrogen) atoms. The average molecular weight is 388 g/mol. The first-order valence-electron chi connectivity index (χ1n) is 10.9. The van der Waals surface area contributed by atoms with E-state index in [4.69, 9.17) is 0 Å². The summed E-state index contributed by atoms with van der Waals surface area (Å²) in [6, 6.07) is 8.54. The molecule has 0 aromatic carbocycles. The summed E-state index contributed by atoms with van der Waals surface area (Å²) in [6.07, 6.45) is 7.99. The second-order valence-corrected chi connectivity index (χ2v) is 20.6. The first-order chi connectivity index (χ1) is 11.5. The van der Waals surface area contributed by atoms with Gasteiger partial charge in [-0.25, -0.2) is 0 Å². The molecule has 1 saturated heterocycles. The summed E-state index contributed by atoms with van der Waals surface area (Å²) in [7, 11) is -4.62. The van der Waals surface area contributed by atoms with Crippen molar-refractivity contribution in [1.29, 1.82) is 0 Å². The lowest BCUT2D eigenvalue weighted by molar-refractivity contribution is 0.807. The van der Waals surface area contributed by atoms with Crippen LogP contribution in [0.1, 0.15) is 80.1 Å². The summed E-state index contributed by atoms with van der Waals surface area (Å²) in [6.45, 7) is 14.3. The smallest absolute Gasteiger partial charge is 0.190 e. The molecule has 1 rings (SSSR count). The van der Waals surface area contributed by atoms with Gasteiger partial charge in [0, 0.05) is 0 Å². The van der Waals surface area contributed by atoms with Crippen LogP contribution in [0.2, 0.25) is 36.3 Å². The van der Waals surface area contributed by atoms with Crippen LogP contribution in [0.4, 0.5) is 0 Å². The lowest BCUT2D eigenvalue weighted by Gasteiger charge is -2.57. The van der Waals surface area contributed by atoms with Gasteiger partial charge in [-0.1, -0.05) is 80.1 Å². The van der Waals surface area contributed by atoms with Gasteiger partial charge >= 0.3 is 0 Å². The van der Waals surface area contributed by atoms with E-state index in [0.717, 1.165) is 0 Å². The van der Waals surface area contributed by atoms with Crippen LogP contribution in [0.5, 0.6) is 0 Å². The lowest BCUT2D eigenvalue weighted by atomic mass is 10.6. The van der Waals surface area contributed by atoms with Crippen molar-refractivity contribution in [3.63, 3.8) is 0 Å². The van der Waals surface area contributed by atoms with E-state index in [9.17, 15) is 0 Å². The fourth-order valence-corrected chi connectivity index (χ4v) is 30.5. The third kappa shape index (κ3) is 5.77. The first-order valence-corrected chi connectivity index (χ1v) is 18.1. The highest BCUT2D eigenvalue weighted by Crippen LogP contribution is 2.31. The molecule has 0 aromatic heterocycles. The van der Waals surface area contributed by atoms with E-state index in [1.807, 2.05) is 0 Å². The highest BCUT2D eigenvalue weighted by molar-refractivity contribution is 7.06. The van der Waals surface area contributed by atoms with Gasteiger partial charge in [0.1, 0.15) is 0 Å². The number of hydrogen-bond donors (Lipinski definition) is 3. The standard InChI is InChI=1S/C18H45N3Si3/c1-7-13-22(14-8-2)19-23(15-9-3,16-10-4)21-24(20-22,17-11-5)18-12-6/h19-21H,7-18H2,1-6H3. The van der Waals surface area contributed by atoms with Crippen LogP contribution < -0.4 is 13.9 Å². The van der Waals surface area contributed by atoms with E-state index in [1.54, 1.807) is 0 Å². The Labute approximate surface area is 155 Å². The monoisotopic (exact) mass is 387 g/mol. The molecule has 0 radical (unpaired) electrons. The third-order valence-electron chi connectivity index (χ3n) is 5.50. The molecule has 0 amide bonds. The van der Waals surface area contributed by atoms with Gasteiger partial charge in [0.25, 0.3) is 0 Å². The fourth-order valence-electron chi connectivity index (χ4n) is 5.15. The molecular weight excluding hydrogens is 342 g/mol. The van der Waals surface area contributed by atoms with Crippen molar-refractivity contribution < 1.29 is 0 Å². The Kier molecular flexibility index (Phi) is 9.99. The molecule has 1 heterocycles. The maximum atomic E-state index is 4.45. The number of nitrogens with one attached hydrogen (secondary N) is 3. The predicted molar refractivity (Wildman–Crippen MR) is 117 cm³/mol. The largest absolute Gasteiger partial charge is 0.336 e. The summed E-state index contributed by atoms with van der Waals surface area (Å²) < 4.78 is 13.3. The van der Waals surface area contributed by atoms with Gasteiger partial charge < -0.3 is 13.9 Å². The molecule has 1 fully saturated rings. The minimum absolute atomic E-state index is 1.33. The van der Waals surface area contributed by atoms with E-state index in [2.05, 4.69) is 55.5 Å². The van der Waals surface area contributed by atoms with Crippen molar-refractivity contribution in [3.8, 4) is 0 Å². The van der Waals surface area contributed by atoms with Gasteiger partial charge in [0.15, 0.2) is 25.2 Å². The summed E-state index contributed by atoms with van der Waals surface area (Å²) in [4.78, 5) is 0. The van der Waals surface area contributed by atoms with Crippen LogP contribution in [0, 0.1) is 0 Å². The van der Waals surface area contributed by atoms with Crippen LogP contribution in [-0.4, -0.2) is 25.2 Å². The lowest BCUT2D eigenvalue weighted by Crippen LogP contribution is -2.91.